The summed E-state index contributed by atoms with van der Waals surface area (Å²) in [6.07, 6.45) is 0. The Bertz CT molecular complexity index is 668. The second-order valence-corrected chi connectivity index (χ2v) is 5.27. The Morgan fingerprint density at radius 3 is 2.52 bits per heavy atom. The lowest BCUT2D eigenvalue weighted by atomic mass is 10.1. The number of carbonyl (C=O) groups is 1. The van der Waals surface area contributed by atoms with E-state index in [1.807, 2.05) is 18.0 Å². The molecule has 0 aliphatic heterocycles. The number of aryl methyl sites for hydroxylation is 1. The van der Waals surface area contributed by atoms with E-state index < -0.39 is 0 Å². The number of rotatable bonds is 5. The third-order valence-electron chi connectivity index (χ3n) is 3.28. The SMILES string of the molecule is Cc1cccc(CN(C)CC(=O)c2ccc(C#N)cc2)c1. The van der Waals surface area contributed by atoms with Crippen molar-refractivity contribution in [3.8, 4) is 6.07 Å². The molecule has 2 aromatic rings. The third-order valence-corrected chi connectivity index (χ3v) is 3.28. The summed E-state index contributed by atoms with van der Waals surface area (Å²) in [5, 5.41) is 8.76. The molecule has 3 nitrogen and oxygen atoms in total. The average Bonchev–Trinajstić information content (AvgIpc) is 2.47. The Hall–Kier alpha value is -2.44. The van der Waals surface area contributed by atoms with Gasteiger partial charge in [0.2, 0.25) is 0 Å². The molecule has 0 saturated heterocycles. The van der Waals surface area contributed by atoms with E-state index in [2.05, 4.69) is 31.2 Å². The van der Waals surface area contributed by atoms with E-state index in [0.717, 1.165) is 6.54 Å². The number of carbonyl (C=O) groups excluding carboxylic acids is 1. The average molecular weight is 278 g/mol. The number of ketones is 1. The van der Waals surface area contributed by atoms with Gasteiger partial charge in [-0.15, -0.1) is 0 Å². The van der Waals surface area contributed by atoms with Gasteiger partial charge in [0.1, 0.15) is 0 Å². The maximum Gasteiger partial charge on any atom is 0.176 e. The quantitative estimate of drug-likeness (QED) is 0.789. The Balaban J connectivity index is 1.97. The smallest absolute Gasteiger partial charge is 0.176 e. The molecule has 0 radical (unpaired) electrons. The summed E-state index contributed by atoms with van der Waals surface area (Å²) >= 11 is 0. The lowest BCUT2D eigenvalue weighted by Gasteiger charge is -2.16. The van der Waals surface area contributed by atoms with E-state index in [1.54, 1.807) is 24.3 Å². The van der Waals surface area contributed by atoms with Crippen LogP contribution < -0.4 is 0 Å². The van der Waals surface area contributed by atoms with Gasteiger partial charge < -0.3 is 0 Å². The molecule has 0 bridgehead atoms. The first-order chi connectivity index (χ1) is 10.1. The van der Waals surface area contributed by atoms with Crippen molar-refractivity contribution in [3.05, 3.63) is 70.8 Å². The predicted molar refractivity (Wildman–Crippen MR) is 83.0 cm³/mol. The van der Waals surface area contributed by atoms with Gasteiger partial charge in [0.25, 0.3) is 0 Å². The summed E-state index contributed by atoms with van der Waals surface area (Å²) in [6, 6.07) is 17.1. The number of Topliss-reactive ketones (excluding diaryl/α,β-unsaturated/α-hetero) is 1. The van der Waals surface area contributed by atoms with Crippen molar-refractivity contribution in [2.75, 3.05) is 13.6 Å². The number of nitriles is 1. The van der Waals surface area contributed by atoms with Crippen molar-refractivity contribution in [2.24, 2.45) is 0 Å². The van der Waals surface area contributed by atoms with Gasteiger partial charge in [0.05, 0.1) is 18.2 Å². The van der Waals surface area contributed by atoms with Gasteiger partial charge in [0, 0.05) is 12.1 Å². The molecule has 0 fully saturated rings. The molecule has 0 aromatic heterocycles. The zero-order valence-corrected chi connectivity index (χ0v) is 12.3. The minimum absolute atomic E-state index is 0.0645. The highest BCUT2D eigenvalue weighted by Crippen LogP contribution is 2.09. The van der Waals surface area contributed by atoms with Crippen LogP contribution in [-0.2, 0) is 6.54 Å². The van der Waals surface area contributed by atoms with Crippen LogP contribution in [0, 0.1) is 18.3 Å². The summed E-state index contributed by atoms with van der Waals surface area (Å²) in [4.78, 5) is 14.2. The molecule has 3 heteroatoms. The van der Waals surface area contributed by atoms with Gasteiger partial charge in [-0.05, 0) is 31.7 Å². The molecule has 0 saturated carbocycles. The van der Waals surface area contributed by atoms with E-state index in [1.165, 1.54) is 11.1 Å². The van der Waals surface area contributed by atoms with Crippen molar-refractivity contribution in [2.45, 2.75) is 13.5 Å². The first kappa shape index (κ1) is 15.0. The van der Waals surface area contributed by atoms with Gasteiger partial charge in [-0.2, -0.15) is 5.26 Å². The summed E-state index contributed by atoms with van der Waals surface area (Å²) in [5.41, 5.74) is 3.63. The van der Waals surface area contributed by atoms with Crippen LogP contribution in [0.3, 0.4) is 0 Å². The molecule has 106 valence electrons. The molecule has 0 aliphatic rings. The second-order valence-electron chi connectivity index (χ2n) is 5.27. The van der Waals surface area contributed by atoms with Crippen LogP contribution in [0.4, 0.5) is 0 Å². The van der Waals surface area contributed by atoms with E-state index in [0.29, 0.717) is 17.7 Å². The fourth-order valence-corrected chi connectivity index (χ4v) is 2.25. The fraction of sp³-hybridized carbons (Fsp3) is 0.222. The van der Waals surface area contributed by atoms with Gasteiger partial charge in [-0.1, -0.05) is 42.0 Å². The lowest BCUT2D eigenvalue weighted by molar-refractivity contribution is 0.0943. The Labute approximate surface area is 125 Å². The molecule has 0 spiro atoms. The Morgan fingerprint density at radius 2 is 1.90 bits per heavy atom. The first-order valence-corrected chi connectivity index (χ1v) is 6.86. The minimum atomic E-state index is 0.0645. The van der Waals surface area contributed by atoms with E-state index in [-0.39, 0.29) is 5.78 Å². The minimum Gasteiger partial charge on any atom is -0.295 e. The zero-order valence-electron chi connectivity index (χ0n) is 12.3. The standard InChI is InChI=1S/C18H18N2O/c1-14-4-3-5-16(10-14)12-20(2)13-18(21)17-8-6-15(11-19)7-9-17/h3-10H,12-13H2,1-2H3. The number of hydrogen-bond acceptors (Lipinski definition) is 3. The number of likely N-dealkylation sites (N-methyl/N-ethyl adjacent to an activating group) is 1. The molecule has 0 atom stereocenters. The first-order valence-electron chi connectivity index (χ1n) is 6.86. The summed E-state index contributed by atoms with van der Waals surface area (Å²) in [6.45, 7) is 3.16. The van der Waals surface area contributed by atoms with Crippen molar-refractivity contribution in [1.82, 2.24) is 4.90 Å². The van der Waals surface area contributed by atoms with Crippen LogP contribution in [0.2, 0.25) is 0 Å². The zero-order chi connectivity index (χ0) is 15.2. The molecular weight excluding hydrogens is 260 g/mol. The molecular formula is C18H18N2O. The maximum atomic E-state index is 12.2. The van der Waals surface area contributed by atoms with Crippen LogP contribution in [0.1, 0.15) is 27.0 Å². The second kappa shape index (κ2) is 6.83. The van der Waals surface area contributed by atoms with Gasteiger partial charge >= 0.3 is 0 Å². The number of benzene rings is 2. The Kier molecular flexibility index (Phi) is 4.86. The molecule has 2 rings (SSSR count). The molecule has 0 heterocycles. The highest BCUT2D eigenvalue weighted by atomic mass is 16.1. The monoisotopic (exact) mass is 278 g/mol. The van der Waals surface area contributed by atoms with E-state index in [9.17, 15) is 4.79 Å². The maximum absolute atomic E-state index is 12.2. The van der Waals surface area contributed by atoms with Crippen LogP contribution in [0.5, 0.6) is 0 Å². The molecule has 0 aliphatic carbocycles. The summed E-state index contributed by atoms with van der Waals surface area (Å²) in [5.74, 6) is 0.0645. The van der Waals surface area contributed by atoms with Crippen LogP contribution in [0.25, 0.3) is 0 Å². The molecule has 21 heavy (non-hydrogen) atoms. The van der Waals surface area contributed by atoms with Crippen molar-refractivity contribution >= 4 is 5.78 Å². The van der Waals surface area contributed by atoms with Crippen molar-refractivity contribution in [3.63, 3.8) is 0 Å². The van der Waals surface area contributed by atoms with Crippen LogP contribution in [-0.4, -0.2) is 24.3 Å². The highest BCUT2D eigenvalue weighted by Gasteiger charge is 2.10. The van der Waals surface area contributed by atoms with E-state index >= 15 is 0 Å². The van der Waals surface area contributed by atoms with Gasteiger partial charge in [-0.3, -0.25) is 9.69 Å². The third kappa shape index (κ3) is 4.27. The van der Waals surface area contributed by atoms with Gasteiger partial charge in [-0.25, -0.2) is 0 Å². The number of nitrogens with zero attached hydrogens (tertiary/aromatic N) is 2. The Morgan fingerprint density at radius 1 is 1.19 bits per heavy atom. The highest BCUT2D eigenvalue weighted by molar-refractivity contribution is 5.97. The molecule has 2 aromatic carbocycles. The largest absolute Gasteiger partial charge is 0.295 e. The molecule has 0 N–H and O–H groups in total. The predicted octanol–water partition coefficient (Wildman–Crippen LogP) is 3.18. The lowest BCUT2D eigenvalue weighted by Crippen LogP contribution is -2.25. The van der Waals surface area contributed by atoms with Crippen molar-refractivity contribution < 1.29 is 4.79 Å². The summed E-state index contributed by atoms with van der Waals surface area (Å²) < 4.78 is 0. The normalized spacial score (nSPS) is 10.4. The van der Waals surface area contributed by atoms with Crippen molar-refractivity contribution in [1.29, 1.82) is 5.26 Å². The summed E-state index contributed by atoms with van der Waals surface area (Å²) in [7, 11) is 1.93. The molecule has 0 amide bonds. The van der Waals surface area contributed by atoms with Crippen LogP contribution >= 0.6 is 0 Å². The fourth-order valence-electron chi connectivity index (χ4n) is 2.25. The van der Waals surface area contributed by atoms with E-state index in [4.69, 9.17) is 5.26 Å². The number of hydrogen-bond donors (Lipinski definition) is 0. The van der Waals surface area contributed by atoms with Crippen LogP contribution in [0.15, 0.2) is 48.5 Å². The van der Waals surface area contributed by atoms with Gasteiger partial charge in [0.15, 0.2) is 5.78 Å². The molecule has 0 unspecified atom stereocenters. The topological polar surface area (TPSA) is 44.1 Å².